The van der Waals surface area contributed by atoms with Crippen molar-refractivity contribution in [1.29, 1.82) is 0 Å². The quantitative estimate of drug-likeness (QED) is 0.882. The standard InChI is InChI=1S/C14H19FN4O2/c1-3-10-11(15)12(17-8-16-10)19-5-9-4-18(2)6-14(9,7-19)13(20)21/h8-9H,3-7H2,1-2H3,(H,20,21)/t9-,14-/m0/s1. The van der Waals surface area contributed by atoms with Gasteiger partial charge in [0.25, 0.3) is 0 Å². The number of nitrogens with zero attached hydrogens (tertiary/aromatic N) is 4. The Morgan fingerprint density at radius 1 is 1.48 bits per heavy atom. The number of aromatic nitrogens is 2. The third kappa shape index (κ3) is 2.07. The third-order valence-electron chi connectivity index (χ3n) is 4.68. The summed E-state index contributed by atoms with van der Waals surface area (Å²) < 4.78 is 14.4. The van der Waals surface area contributed by atoms with E-state index in [-0.39, 0.29) is 11.7 Å². The number of hydrogen-bond donors (Lipinski definition) is 1. The molecule has 6 nitrogen and oxygen atoms in total. The molecule has 0 aromatic carbocycles. The largest absolute Gasteiger partial charge is 0.481 e. The molecule has 3 rings (SSSR count). The highest BCUT2D eigenvalue weighted by atomic mass is 19.1. The van der Waals surface area contributed by atoms with Gasteiger partial charge in [0, 0.05) is 32.1 Å². The summed E-state index contributed by atoms with van der Waals surface area (Å²) in [5.74, 6) is -0.989. The van der Waals surface area contributed by atoms with Crippen molar-refractivity contribution in [2.24, 2.45) is 11.3 Å². The van der Waals surface area contributed by atoms with E-state index in [9.17, 15) is 14.3 Å². The first-order valence-electron chi connectivity index (χ1n) is 7.14. The summed E-state index contributed by atoms with van der Waals surface area (Å²) in [5.41, 5.74) is -0.447. The fourth-order valence-corrected chi connectivity index (χ4v) is 3.64. The Balaban J connectivity index is 1.93. The molecule has 0 radical (unpaired) electrons. The predicted molar refractivity (Wildman–Crippen MR) is 74.6 cm³/mol. The first-order chi connectivity index (χ1) is 9.98. The van der Waals surface area contributed by atoms with Crippen molar-refractivity contribution in [2.75, 3.05) is 38.1 Å². The maximum absolute atomic E-state index is 14.4. The molecule has 3 heterocycles. The van der Waals surface area contributed by atoms with Gasteiger partial charge in [0.1, 0.15) is 11.7 Å². The van der Waals surface area contributed by atoms with Gasteiger partial charge >= 0.3 is 5.97 Å². The Morgan fingerprint density at radius 2 is 2.24 bits per heavy atom. The summed E-state index contributed by atoms with van der Waals surface area (Å²) in [6, 6.07) is 0. The van der Waals surface area contributed by atoms with Crippen molar-refractivity contribution in [2.45, 2.75) is 13.3 Å². The lowest BCUT2D eigenvalue weighted by Gasteiger charge is -2.25. The molecule has 2 saturated heterocycles. The molecule has 2 atom stereocenters. The van der Waals surface area contributed by atoms with Gasteiger partial charge in [-0.15, -0.1) is 0 Å². The molecule has 0 aliphatic carbocycles. The Labute approximate surface area is 122 Å². The molecule has 1 N–H and O–H groups in total. The van der Waals surface area contributed by atoms with Crippen LogP contribution in [0.25, 0.3) is 0 Å². The normalized spacial score (nSPS) is 28.9. The lowest BCUT2D eigenvalue weighted by atomic mass is 9.81. The van der Waals surface area contributed by atoms with Gasteiger partial charge in [-0.1, -0.05) is 6.92 Å². The van der Waals surface area contributed by atoms with Crippen LogP contribution in [0.2, 0.25) is 0 Å². The average molecular weight is 294 g/mol. The van der Waals surface area contributed by atoms with E-state index in [4.69, 9.17) is 0 Å². The van der Waals surface area contributed by atoms with Crippen LogP contribution in [0, 0.1) is 17.2 Å². The van der Waals surface area contributed by atoms with Gasteiger partial charge in [0.15, 0.2) is 11.6 Å². The van der Waals surface area contributed by atoms with Crippen molar-refractivity contribution < 1.29 is 14.3 Å². The number of aliphatic carboxylic acids is 1. The molecule has 2 aliphatic heterocycles. The Kier molecular flexibility index (Phi) is 3.32. The number of aryl methyl sites for hydroxylation is 1. The second kappa shape index (κ2) is 4.91. The minimum atomic E-state index is -0.821. The van der Waals surface area contributed by atoms with E-state index < -0.39 is 17.2 Å². The molecule has 0 amide bonds. The number of halogens is 1. The SMILES string of the molecule is CCc1ncnc(N2C[C@@H]3CN(C)C[C@]3(C(=O)O)C2)c1F. The van der Waals surface area contributed by atoms with Crippen LogP contribution in [0.5, 0.6) is 0 Å². The summed E-state index contributed by atoms with van der Waals surface area (Å²) >= 11 is 0. The molecular weight excluding hydrogens is 275 g/mol. The van der Waals surface area contributed by atoms with Gasteiger partial charge in [-0.2, -0.15) is 0 Å². The smallest absolute Gasteiger partial charge is 0.313 e. The third-order valence-corrected chi connectivity index (χ3v) is 4.68. The first kappa shape index (κ1) is 14.2. The van der Waals surface area contributed by atoms with E-state index >= 15 is 0 Å². The second-order valence-corrected chi connectivity index (χ2v) is 6.05. The van der Waals surface area contributed by atoms with Crippen LogP contribution >= 0.6 is 0 Å². The highest BCUT2D eigenvalue weighted by Crippen LogP contribution is 2.43. The number of carbonyl (C=O) groups is 1. The number of carboxylic acids is 1. The number of anilines is 1. The van der Waals surface area contributed by atoms with Gasteiger partial charge < -0.3 is 14.9 Å². The van der Waals surface area contributed by atoms with Crippen molar-refractivity contribution in [1.82, 2.24) is 14.9 Å². The molecule has 1 aromatic rings. The maximum Gasteiger partial charge on any atom is 0.313 e. The van der Waals surface area contributed by atoms with E-state index in [1.54, 1.807) is 4.90 Å². The molecule has 2 fully saturated rings. The molecule has 2 aliphatic rings. The van der Waals surface area contributed by atoms with E-state index in [2.05, 4.69) is 9.97 Å². The second-order valence-electron chi connectivity index (χ2n) is 6.05. The fraction of sp³-hybridized carbons (Fsp3) is 0.643. The molecule has 1 aromatic heterocycles. The fourth-order valence-electron chi connectivity index (χ4n) is 3.64. The van der Waals surface area contributed by atoms with E-state index in [0.717, 1.165) is 6.54 Å². The Morgan fingerprint density at radius 3 is 2.86 bits per heavy atom. The van der Waals surface area contributed by atoms with Crippen LogP contribution in [0.4, 0.5) is 10.2 Å². The minimum absolute atomic E-state index is 0.000517. The van der Waals surface area contributed by atoms with Crippen LogP contribution < -0.4 is 4.90 Å². The summed E-state index contributed by atoms with van der Waals surface area (Å²) in [7, 11) is 1.92. The summed E-state index contributed by atoms with van der Waals surface area (Å²) in [6.07, 6.45) is 1.84. The highest BCUT2D eigenvalue weighted by molar-refractivity contribution is 5.78. The van der Waals surface area contributed by atoms with Crippen LogP contribution in [0.1, 0.15) is 12.6 Å². The van der Waals surface area contributed by atoms with Gasteiger partial charge in [0.05, 0.1) is 5.69 Å². The lowest BCUT2D eigenvalue weighted by Crippen LogP contribution is -2.40. The number of carboxylic acid groups (broad SMARTS) is 1. The van der Waals surface area contributed by atoms with Gasteiger partial charge in [-0.25, -0.2) is 14.4 Å². The van der Waals surface area contributed by atoms with Gasteiger partial charge in [0.2, 0.25) is 0 Å². The number of rotatable bonds is 3. The van der Waals surface area contributed by atoms with Crippen molar-refractivity contribution in [3.8, 4) is 0 Å². The van der Waals surface area contributed by atoms with E-state index in [1.807, 2.05) is 18.9 Å². The van der Waals surface area contributed by atoms with Crippen molar-refractivity contribution in [3.63, 3.8) is 0 Å². The molecule has 0 spiro atoms. The zero-order valence-electron chi connectivity index (χ0n) is 12.2. The average Bonchev–Trinajstić information content (AvgIpc) is 2.92. The molecule has 0 saturated carbocycles. The number of likely N-dealkylation sites (tertiary alicyclic amines) is 1. The Hall–Kier alpha value is -1.76. The Bertz CT molecular complexity index is 582. The first-order valence-corrected chi connectivity index (χ1v) is 7.14. The number of fused-ring (bicyclic) bond motifs is 1. The zero-order chi connectivity index (χ0) is 15.2. The summed E-state index contributed by atoms with van der Waals surface area (Å²) in [4.78, 5) is 23.5. The van der Waals surface area contributed by atoms with Crippen molar-refractivity contribution >= 4 is 11.8 Å². The van der Waals surface area contributed by atoms with Gasteiger partial charge in [-0.05, 0) is 13.5 Å². The monoisotopic (exact) mass is 294 g/mol. The summed E-state index contributed by atoms with van der Waals surface area (Å²) in [6.45, 7) is 3.87. The molecule has 7 heteroatoms. The van der Waals surface area contributed by atoms with E-state index in [1.165, 1.54) is 6.33 Å². The van der Waals surface area contributed by atoms with Crippen LogP contribution in [-0.4, -0.2) is 59.2 Å². The molecular formula is C14H19FN4O2. The topological polar surface area (TPSA) is 69.6 Å². The molecule has 0 unspecified atom stereocenters. The molecule has 21 heavy (non-hydrogen) atoms. The minimum Gasteiger partial charge on any atom is -0.481 e. The van der Waals surface area contributed by atoms with E-state index in [0.29, 0.717) is 31.7 Å². The lowest BCUT2D eigenvalue weighted by molar-refractivity contribution is -0.148. The van der Waals surface area contributed by atoms with Crippen LogP contribution in [0.3, 0.4) is 0 Å². The van der Waals surface area contributed by atoms with Crippen LogP contribution in [-0.2, 0) is 11.2 Å². The number of hydrogen-bond acceptors (Lipinski definition) is 5. The van der Waals surface area contributed by atoms with Crippen molar-refractivity contribution in [3.05, 3.63) is 17.8 Å². The molecule has 114 valence electrons. The summed E-state index contributed by atoms with van der Waals surface area (Å²) in [5, 5.41) is 9.65. The zero-order valence-corrected chi connectivity index (χ0v) is 12.2. The van der Waals surface area contributed by atoms with Crippen LogP contribution in [0.15, 0.2) is 6.33 Å². The predicted octanol–water partition coefficient (Wildman–Crippen LogP) is 0.631. The molecule has 0 bridgehead atoms. The van der Waals surface area contributed by atoms with Gasteiger partial charge in [-0.3, -0.25) is 4.79 Å². The maximum atomic E-state index is 14.4. The highest BCUT2D eigenvalue weighted by Gasteiger charge is 2.57.